The number of aryl methyl sites for hydroxylation is 2. The van der Waals surface area contributed by atoms with Gasteiger partial charge < -0.3 is 15.0 Å². The third-order valence-corrected chi connectivity index (χ3v) is 4.07. The minimum absolute atomic E-state index is 0.255. The maximum atomic E-state index is 6.02. The summed E-state index contributed by atoms with van der Waals surface area (Å²) in [4.78, 5) is 0. The van der Waals surface area contributed by atoms with Gasteiger partial charge in [0.05, 0.1) is 12.2 Å². The molecule has 1 unspecified atom stereocenters. The molecule has 4 nitrogen and oxygen atoms in total. The molecule has 3 rings (SSSR count). The monoisotopic (exact) mass is 272 g/mol. The summed E-state index contributed by atoms with van der Waals surface area (Å²) in [5.74, 6) is 1.59. The van der Waals surface area contributed by atoms with Crippen LogP contribution in [-0.2, 0) is 4.74 Å². The molecule has 0 radical (unpaired) electrons. The van der Waals surface area contributed by atoms with Crippen LogP contribution in [-0.4, -0.2) is 18.4 Å². The first-order chi connectivity index (χ1) is 9.66. The zero-order valence-corrected chi connectivity index (χ0v) is 12.0. The summed E-state index contributed by atoms with van der Waals surface area (Å²) in [6.45, 7) is 5.73. The molecule has 0 bridgehead atoms. The Morgan fingerprint density at radius 2 is 2.10 bits per heavy atom. The van der Waals surface area contributed by atoms with Gasteiger partial charge in [0.25, 0.3) is 0 Å². The Morgan fingerprint density at radius 3 is 2.80 bits per heavy atom. The molecule has 1 aliphatic rings. The van der Waals surface area contributed by atoms with Gasteiger partial charge in [0, 0.05) is 12.5 Å². The maximum Gasteiger partial charge on any atom is 0.175 e. The minimum atomic E-state index is 0.255. The molecule has 0 aliphatic carbocycles. The van der Waals surface area contributed by atoms with Crippen LogP contribution >= 0.6 is 0 Å². The summed E-state index contributed by atoms with van der Waals surface area (Å²) < 4.78 is 11.1. The number of nitrogen functional groups attached to an aromatic ring is 1. The van der Waals surface area contributed by atoms with E-state index in [1.165, 1.54) is 11.1 Å². The molecular formula is C16H20N2O2. The van der Waals surface area contributed by atoms with Gasteiger partial charge in [-0.1, -0.05) is 23.4 Å². The van der Waals surface area contributed by atoms with Crippen molar-refractivity contribution in [3.05, 3.63) is 35.1 Å². The highest BCUT2D eigenvalue weighted by atomic mass is 16.5. The van der Waals surface area contributed by atoms with Gasteiger partial charge in [-0.05, 0) is 43.4 Å². The van der Waals surface area contributed by atoms with Crippen molar-refractivity contribution in [1.82, 2.24) is 5.16 Å². The molecule has 1 fully saturated rings. The Kier molecular flexibility index (Phi) is 3.49. The lowest BCUT2D eigenvalue weighted by atomic mass is 9.92. The van der Waals surface area contributed by atoms with Gasteiger partial charge in [-0.25, -0.2) is 0 Å². The first kappa shape index (κ1) is 13.2. The number of hydrogen-bond donors (Lipinski definition) is 1. The van der Waals surface area contributed by atoms with Crippen LogP contribution in [0.25, 0.3) is 11.1 Å². The lowest BCUT2D eigenvalue weighted by molar-refractivity contribution is 0.0723. The molecular weight excluding hydrogens is 252 g/mol. The Bertz CT molecular complexity index is 613. The highest BCUT2D eigenvalue weighted by Gasteiger charge is 2.26. The summed E-state index contributed by atoms with van der Waals surface area (Å²) in [6.07, 6.45) is 2.12. The molecule has 2 heterocycles. The number of ether oxygens (including phenoxy) is 1. The second kappa shape index (κ2) is 5.29. The van der Waals surface area contributed by atoms with Crippen LogP contribution in [0.2, 0.25) is 0 Å². The lowest BCUT2D eigenvalue weighted by Gasteiger charge is -2.20. The van der Waals surface area contributed by atoms with E-state index in [1.54, 1.807) is 0 Å². The molecule has 1 saturated heterocycles. The van der Waals surface area contributed by atoms with E-state index < -0.39 is 0 Å². The summed E-state index contributed by atoms with van der Waals surface area (Å²) in [7, 11) is 0. The van der Waals surface area contributed by atoms with Crippen molar-refractivity contribution in [2.24, 2.45) is 0 Å². The molecule has 1 aliphatic heterocycles. The van der Waals surface area contributed by atoms with Crippen LogP contribution in [0, 0.1) is 13.8 Å². The van der Waals surface area contributed by atoms with E-state index in [1.807, 2.05) is 0 Å². The van der Waals surface area contributed by atoms with E-state index in [2.05, 4.69) is 37.2 Å². The van der Waals surface area contributed by atoms with Gasteiger partial charge in [-0.2, -0.15) is 0 Å². The van der Waals surface area contributed by atoms with Crippen molar-refractivity contribution in [3.8, 4) is 11.1 Å². The maximum absolute atomic E-state index is 6.02. The Morgan fingerprint density at radius 1 is 1.25 bits per heavy atom. The molecule has 20 heavy (non-hydrogen) atoms. The Balaban J connectivity index is 2.03. The van der Waals surface area contributed by atoms with Crippen molar-refractivity contribution in [2.45, 2.75) is 32.6 Å². The molecule has 2 aromatic rings. The molecule has 106 valence electrons. The van der Waals surface area contributed by atoms with E-state index in [0.717, 1.165) is 36.3 Å². The SMILES string of the molecule is Cc1ccc(-c2c(N)noc2C2CCCOC2)cc1C. The van der Waals surface area contributed by atoms with Crippen molar-refractivity contribution >= 4 is 5.82 Å². The topological polar surface area (TPSA) is 61.3 Å². The number of hydrogen-bond acceptors (Lipinski definition) is 4. The first-order valence-electron chi connectivity index (χ1n) is 7.07. The van der Waals surface area contributed by atoms with Gasteiger partial charge in [-0.3, -0.25) is 0 Å². The van der Waals surface area contributed by atoms with E-state index in [4.69, 9.17) is 15.0 Å². The number of aromatic nitrogens is 1. The van der Waals surface area contributed by atoms with Crippen LogP contribution in [0.15, 0.2) is 22.7 Å². The highest BCUT2D eigenvalue weighted by Crippen LogP contribution is 2.37. The van der Waals surface area contributed by atoms with Crippen LogP contribution in [0.5, 0.6) is 0 Å². The predicted molar refractivity (Wildman–Crippen MR) is 78.6 cm³/mol. The minimum Gasteiger partial charge on any atom is -0.381 e. The van der Waals surface area contributed by atoms with Gasteiger partial charge >= 0.3 is 0 Å². The summed E-state index contributed by atoms with van der Waals surface area (Å²) >= 11 is 0. The molecule has 0 amide bonds. The molecule has 2 N–H and O–H groups in total. The van der Waals surface area contributed by atoms with Gasteiger partial charge in [-0.15, -0.1) is 0 Å². The van der Waals surface area contributed by atoms with Crippen LogP contribution in [0.4, 0.5) is 5.82 Å². The highest BCUT2D eigenvalue weighted by molar-refractivity contribution is 5.76. The average Bonchev–Trinajstić information content (AvgIpc) is 2.85. The normalized spacial score (nSPS) is 19.2. The van der Waals surface area contributed by atoms with Crippen molar-refractivity contribution in [1.29, 1.82) is 0 Å². The third-order valence-electron chi connectivity index (χ3n) is 4.07. The van der Waals surface area contributed by atoms with Crippen molar-refractivity contribution in [3.63, 3.8) is 0 Å². The number of nitrogens with two attached hydrogens (primary N) is 1. The fourth-order valence-corrected chi connectivity index (χ4v) is 2.73. The van der Waals surface area contributed by atoms with Crippen molar-refractivity contribution in [2.75, 3.05) is 18.9 Å². The van der Waals surface area contributed by atoms with Crippen LogP contribution in [0.3, 0.4) is 0 Å². The third kappa shape index (κ3) is 2.31. The van der Waals surface area contributed by atoms with E-state index >= 15 is 0 Å². The van der Waals surface area contributed by atoms with Crippen molar-refractivity contribution < 1.29 is 9.26 Å². The van der Waals surface area contributed by atoms with Gasteiger partial charge in [0.15, 0.2) is 11.6 Å². The summed E-state index contributed by atoms with van der Waals surface area (Å²) in [5.41, 5.74) is 10.5. The summed E-state index contributed by atoms with van der Waals surface area (Å²) in [6, 6.07) is 6.34. The average molecular weight is 272 g/mol. The molecule has 1 aromatic heterocycles. The molecule has 1 atom stereocenters. The number of anilines is 1. The standard InChI is InChI=1S/C16H20N2O2/c1-10-5-6-12(8-11(10)2)14-15(20-18-16(14)17)13-4-3-7-19-9-13/h5-6,8,13H,3-4,7,9H2,1-2H3,(H2,17,18). The zero-order chi connectivity index (χ0) is 14.1. The fourth-order valence-electron chi connectivity index (χ4n) is 2.73. The largest absolute Gasteiger partial charge is 0.381 e. The summed E-state index contributed by atoms with van der Waals surface area (Å²) in [5, 5.41) is 3.97. The second-order valence-corrected chi connectivity index (χ2v) is 5.52. The molecule has 1 aromatic carbocycles. The van der Waals surface area contributed by atoms with Crippen LogP contribution in [0.1, 0.15) is 35.6 Å². The number of rotatable bonds is 2. The Hall–Kier alpha value is -1.81. The zero-order valence-electron chi connectivity index (χ0n) is 12.0. The Labute approximate surface area is 118 Å². The lowest BCUT2D eigenvalue weighted by Crippen LogP contribution is -2.15. The number of nitrogens with zero attached hydrogens (tertiary/aromatic N) is 1. The molecule has 0 saturated carbocycles. The van der Waals surface area contributed by atoms with E-state index in [0.29, 0.717) is 12.4 Å². The quantitative estimate of drug-likeness (QED) is 0.909. The molecule has 0 spiro atoms. The van der Waals surface area contributed by atoms with Gasteiger partial charge in [0.1, 0.15) is 0 Å². The second-order valence-electron chi connectivity index (χ2n) is 5.52. The predicted octanol–water partition coefficient (Wildman–Crippen LogP) is 3.43. The van der Waals surface area contributed by atoms with E-state index in [-0.39, 0.29) is 5.92 Å². The van der Waals surface area contributed by atoms with Gasteiger partial charge in [0.2, 0.25) is 0 Å². The fraction of sp³-hybridized carbons (Fsp3) is 0.438. The number of benzene rings is 1. The van der Waals surface area contributed by atoms with Crippen LogP contribution < -0.4 is 5.73 Å². The molecule has 4 heteroatoms. The smallest absolute Gasteiger partial charge is 0.175 e. The van der Waals surface area contributed by atoms with E-state index in [9.17, 15) is 0 Å². The first-order valence-corrected chi connectivity index (χ1v) is 7.07.